The van der Waals surface area contributed by atoms with Gasteiger partial charge in [-0.25, -0.2) is 12.8 Å². The van der Waals surface area contributed by atoms with Gasteiger partial charge in [-0.3, -0.25) is 4.79 Å². The molecule has 0 unspecified atom stereocenters. The number of carbonyl (C=O) groups is 1. The predicted molar refractivity (Wildman–Crippen MR) is 124 cm³/mol. The number of piperidine rings is 2. The largest absolute Gasteiger partial charge is 0.490 e. The van der Waals surface area contributed by atoms with Crippen LogP contribution in [0.25, 0.3) is 0 Å². The zero-order valence-electron chi connectivity index (χ0n) is 19.2. The lowest BCUT2D eigenvalue weighted by Crippen LogP contribution is -2.42. The highest BCUT2D eigenvalue weighted by Gasteiger charge is 2.31. The summed E-state index contributed by atoms with van der Waals surface area (Å²) in [5, 5.41) is 0. The average molecular weight is 475 g/mol. The lowest BCUT2D eigenvalue weighted by Gasteiger charge is -2.33. The predicted octanol–water partition coefficient (Wildman–Crippen LogP) is 4.30. The Bertz CT molecular complexity index is 1100. The van der Waals surface area contributed by atoms with Crippen molar-refractivity contribution >= 4 is 15.9 Å². The van der Waals surface area contributed by atoms with E-state index in [4.69, 9.17) is 4.74 Å². The number of carbonyl (C=O) groups excluding carboxylic acids is 1. The zero-order valence-corrected chi connectivity index (χ0v) is 20.0. The third-order valence-electron chi connectivity index (χ3n) is 6.53. The molecular formula is C25H31FN2O4S. The van der Waals surface area contributed by atoms with Crippen molar-refractivity contribution in [1.82, 2.24) is 9.21 Å². The highest BCUT2D eigenvalue weighted by atomic mass is 32.2. The van der Waals surface area contributed by atoms with Gasteiger partial charge in [0.25, 0.3) is 5.91 Å². The fraction of sp³-hybridized carbons (Fsp3) is 0.480. The van der Waals surface area contributed by atoms with E-state index in [0.29, 0.717) is 39.0 Å². The van der Waals surface area contributed by atoms with Gasteiger partial charge in [0.15, 0.2) is 0 Å². The zero-order chi connectivity index (χ0) is 23.6. The topological polar surface area (TPSA) is 66.9 Å². The van der Waals surface area contributed by atoms with Gasteiger partial charge in [0.2, 0.25) is 10.0 Å². The number of ether oxygens (including phenoxy) is 1. The maximum Gasteiger partial charge on any atom is 0.253 e. The number of nitrogens with zero attached hydrogens (tertiary/aromatic N) is 2. The van der Waals surface area contributed by atoms with Crippen LogP contribution >= 0.6 is 0 Å². The molecule has 0 radical (unpaired) electrons. The van der Waals surface area contributed by atoms with Crippen molar-refractivity contribution < 1.29 is 22.3 Å². The summed E-state index contributed by atoms with van der Waals surface area (Å²) in [7, 11) is -3.96. The van der Waals surface area contributed by atoms with Gasteiger partial charge in [0, 0.05) is 44.6 Å². The van der Waals surface area contributed by atoms with Crippen LogP contribution in [0.3, 0.4) is 0 Å². The van der Waals surface area contributed by atoms with Crippen LogP contribution in [0, 0.1) is 19.7 Å². The van der Waals surface area contributed by atoms with Crippen molar-refractivity contribution in [3.63, 3.8) is 0 Å². The van der Waals surface area contributed by atoms with Gasteiger partial charge in [-0.1, -0.05) is 24.6 Å². The summed E-state index contributed by atoms with van der Waals surface area (Å²) >= 11 is 0. The van der Waals surface area contributed by atoms with Gasteiger partial charge in [0.1, 0.15) is 22.6 Å². The first-order valence-electron chi connectivity index (χ1n) is 11.6. The maximum atomic E-state index is 14.5. The van der Waals surface area contributed by atoms with E-state index < -0.39 is 20.7 Å². The van der Waals surface area contributed by atoms with Crippen LogP contribution in [0.2, 0.25) is 0 Å². The van der Waals surface area contributed by atoms with Crippen LogP contribution in [0.4, 0.5) is 4.39 Å². The molecule has 2 saturated heterocycles. The minimum atomic E-state index is -3.96. The first kappa shape index (κ1) is 23.7. The molecule has 0 aromatic heterocycles. The van der Waals surface area contributed by atoms with E-state index in [1.807, 2.05) is 32.0 Å². The van der Waals surface area contributed by atoms with Gasteiger partial charge in [0.05, 0.1) is 0 Å². The summed E-state index contributed by atoms with van der Waals surface area (Å²) in [6, 6.07) is 9.69. The molecule has 4 rings (SSSR count). The van der Waals surface area contributed by atoms with Gasteiger partial charge in [-0.05, 0) is 56.0 Å². The summed E-state index contributed by atoms with van der Waals surface area (Å²) in [5.41, 5.74) is 2.37. The monoisotopic (exact) mass is 474 g/mol. The van der Waals surface area contributed by atoms with Crippen LogP contribution in [0.15, 0.2) is 41.3 Å². The van der Waals surface area contributed by atoms with Crippen LogP contribution in [-0.4, -0.2) is 55.8 Å². The third kappa shape index (κ3) is 5.06. The van der Waals surface area contributed by atoms with Crippen LogP contribution < -0.4 is 4.74 Å². The van der Waals surface area contributed by atoms with Crippen molar-refractivity contribution in [2.45, 2.75) is 57.0 Å². The molecular weight excluding hydrogens is 443 g/mol. The van der Waals surface area contributed by atoms with Crippen molar-refractivity contribution in [3.8, 4) is 5.75 Å². The highest BCUT2D eigenvalue weighted by molar-refractivity contribution is 7.89. The molecule has 0 N–H and O–H groups in total. The first-order chi connectivity index (χ1) is 15.8. The molecule has 0 bridgehead atoms. The van der Waals surface area contributed by atoms with Crippen LogP contribution in [0.1, 0.15) is 53.6 Å². The molecule has 2 aliphatic rings. The molecule has 178 valence electrons. The molecule has 2 aromatic rings. The van der Waals surface area contributed by atoms with E-state index in [1.165, 1.54) is 16.4 Å². The SMILES string of the molecule is Cc1cccc(C)c1OC1CCN(C(=O)c2ccc(F)c(S(=O)(=O)N3CCCCC3)c2)CC1. The second kappa shape index (κ2) is 9.81. The number of para-hydroxylation sites is 1. The molecule has 8 heteroatoms. The summed E-state index contributed by atoms with van der Waals surface area (Å²) in [4.78, 5) is 14.4. The van der Waals surface area contributed by atoms with E-state index in [-0.39, 0.29) is 17.6 Å². The van der Waals surface area contributed by atoms with Crippen molar-refractivity contribution in [3.05, 3.63) is 58.9 Å². The summed E-state index contributed by atoms with van der Waals surface area (Å²) in [6.45, 7) is 5.80. The molecule has 0 saturated carbocycles. The molecule has 1 amide bonds. The normalized spacial score (nSPS) is 18.3. The Hall–Kier alpha value is -2.45. The Morgan fingerprint density at radius 1 is 0.970 bits per heavy atom. The standard InChI is InChI=1S/C25H31FN2O4S/c1-18-7-6-8-19(2)24(18)32-21-11-15-27(16-12-21)25(29)20-9-10-22(26)23(17-20)33(30,31)28-13-4-3-5-14-28/h6-10,17,21H,3-5,11-16H2,1-2H3. The quantitative estimate of drug-likeness (QED) is 0.648. The summed E-state index contributed by atoms with van der Waals surface area (Å²) in [5.74, 6) is -0.207. The fourth-order valence-corrected chi connectivity index (χ4v) is 6.20. The number of hydrogen-bond donors (Lipinski definition) is 0. The maximum absolute atomic E-state index is 14.5. The molecule has 2 heterocycles. The van der Waals surface area contributed by atoms with Crippen LogP contribution in [-0.2, 0) is 10.0 Å². The molecule has 0 aliphatic carbocycles. The number of amides is 1. The Morgan fingerprint density at radius 2 is 1.61 bits per heavy atom. The lowest BCUT2D eigenvalue weighted by molar-refractivity contribution is 0.0592. The van der Waals surface area contributed by atoms with E-state index in [1.54, 1.807) is 4.90 Å². The second-order valence-electron chi connectivity index (χ2n) is 8.94. The van der Waals surface area contributed by atoms with Gasteiger partial charge < -0.3 is 9.64 Å². The van der Waals surface area contributed by atoms with Crippen molar-refractivity contribution in [2.75, 3.05) is 26.2 Å². The first-order valence-corrected chi connectivity index (χ1v) is 13.0. The molecule has 6 nitrogen and oxygen atoms in total. The molecule has 0 atom stereocenters. The van der Waals surface area contributed by atoms with E-state index >= 15 is 0 Å². The number of aryl methyl sites for hydroxylation is 2. The van der Waals surface area contributed by atoms with Gasteiger partial charge in [-0.15, -0.1) is 0 Å². The van der Waals surface area contributed by atoms with Gasteiger partial charge >= 0.3 is 0 Å². The van der Waals surface area contributed by atoms with E-state index in [2.05, 4.69) is 0 Å². The van der Waals surface area contributed by atoms with Gasteiger partial charge in [-0.2, -0.15) is 4.31 Å². The number of rotatable bonds is 5. The molecule has 2 aliphatic heterocycles. The lowest BCUT2D eigenvalue weighted by atomic mass is 10.1. The fourth-order valence-electron chi connectivity index (χ4n) is 4.59. The minimum Gasteiger partial charge on any atom is -0.490 e. The number of hydrogen-bond acceptors (Lipinski definition) is 4. The molecule has 33 heavy (non-hydrogen) atoms. The Morgan fingerprint density at radius 3 is 2.24 bits per heavy atom. The second-order valence-corrected chi connectivity index (χ2v) is 10.8. The Labute approximate surface area is 195 Å². The third-order valence-corrected chi connectivity index (χ3v) is 8.45. The molecule has 2 fully saturated rings. The summed E-state index contributed by atoms with van der Waals surface area (Å²) in [6.07, 6.45) is 3.86. The Balaban J connectivity index is 1.44. The average Bonchev–Trinajstić information content (AvgIpc) is 2.82. The number of likely N-dealkylation sites (tertiary alicyclic amines) is 1. The van der Waals surface area contributed by atoms with Crippen molar-refractivity contribution in [2.24, 2.45) is 0 Å². The number of sulfonamides is 1. The summed E-state index contributed by atoms with van der Waals surface area (Å²) < 4.78 is 48.0. The minimum absolute atomic E-state index is 0.0112. The molecule has 0 spiro atoms. The molecule has 2 aromatic carbocycles. The van der Waals surface area contributed by atoms with E-state index in [9.17, 15) is 17.6 Å². The Kier molecular flexibility index (Phi) is 7.05. The van der Waals surface area contributed by atoms with Crippen molar-refractivity contribution in [1.29, 1.82) is 0 Å². The highest BCUT2D eigenvalue weighted by Crippen LogP contribution is 2.28. The van der Waals surface area contributed by atoms with E-state index in [0.717, 1.165) is 42.2 Å². The van der Waals surface area contributed by atoms with Crippen LogP contribution in [0.5, 0.6) is 5.75 Å². The smallest absolute Gasteiger partial charge is 0.253 e. The number of benzene rings is 2. The number of halogens is 1.